The number of nitrogens with zero attached hydrogens (tertiary/aromatic N) is 1. The smallest absolute Gasteiger partial charge is 0.0998 e. The van der Waals surface area contributed by atoms with E-state index in [2.05, 4.69) is 23.5 Å². The lowest BCUT2D eigenvalue weighted by molar-refractivity contribution is 0.0806. The van der Waals surface area contributed by atoms with Crippen molar-refractivity contribution >= 4 is 10.8 Å². The van der Waals surface area contributed by atoms with Gasteiger partial charge in [0.15, 0.2) is 0 Å². The Kier molecular flexibility index (Phi) is 2.78. The van der Waals surface area contributed by atoms with Gasteiger partial charge in [-0.3, -0.25) is 0 Å². The molecule has 3 unspecified atom stereocenters. The predicted molar refractivity (Wildman–Crippen MR) is 81.7 cm³/mol. The van der Waals surface area contributed by atoms with Gasteiger partial charge in [0, 0.05) is 11.6 Å². The van der Waals surface area contributed by atoms with Crippen LogP contribution in [0.4, 0.5) is 0 Å². The van der Waals surface area contributed by atoms with Crippen molar-refractivity contribution in [2.24, 2.45) is 0 Å². The topological polar surface area (TPSA) is 56.0 Å². The number of aliphatic hydroxyl groups is 1. The van der Waals surface area contributed by atoms with Crippen LogP contribution in [0, 0.1) is 11.3 Å². The second-order valence-electron chi connectivity index (χ2n) is 6.37. The molecule has 0 radical (unpaired) electrons. The van der Waals surface area contributed by atoms with E-state index < -0.39 is 0 Å². The third kappa shape index (κ3) is 1.87. The molecule has 0 aliphatic carbocycles. The quantitative estimate of drug-likeness (QED) is 0.843. The first-order chi connectivity index (χ1) is 10.2. The van der Waals surface area contributed by atoms with Crippen molar-refractivity contribution in [2.75, 3.05) is 0 Å². The molecule has 3 nitrogen and oxygen atoms in total. The molecule has 3 atom stereocenters. The van der Waals surface area contributed by atoms with E-state index >= 15 is 0 Å². The minimum Gasteiger partial charge on any atom is -0.393 e. The van der Waals surface area contributed by atoms with Gasteiger partial charge in [-0.1, -0.05) is 30.3 Å². The van der Waals surface area contributed by atoms with Crippen LogP contribution in [0.5, 0.6) is 0 Å². The molecule has 0 amide bonds. The fraction of sp³-hybridized carbons (Fsp3) is 0.389. The number of hydrogen-bond acceptors (Lipinski definition) is 3. The normalized spacial score (nSPS) is 31.2. The zero-order valence-corrected chi connectivity index (χ0v) is 11.8. The summed E-state index contributed by atoms with van der Waals surface area (Å²) >= 11 is 0. The zero-order valence-electron chi connectivity index (χ0n) is 11.8. The van der Waals surface area contributed by atoms with Crippen molar-refractivity contribution < 1.29 is 5.11 Å². The highest BCUT2D eigenvalue weighted by Gasteiger charge is 2.46. The molecule has 2 aromatic carbocycles. The SMILES string of the molecule is N#Cc1ccc(C23CCC(CC(O)C2)N3)c2ccccc12. The van der Waals surface area contributed by atoms with Crippen LogP contribution in [0.1, 0.15) is 36.8 Å². The van der Waals surface area contributed by atoms with Gasteiger partial charge in [-0.2, -0.15) is 5.26 Å². The number of aliphatic hydroxyl groups excluding tert-OH is 1. The van der Waals surface area contributed by atoms with Crippen molar-refractivity contribution in [2.45, 2.75) is 43.4 Å². The molecule has 0 spiro atoms. The number of benzene rings is 2. The van der Waals surface area contributed by atoms with Crippen LogP contribution in [-0.4, -0.2) is 17.3 Å². The van der Waals surface area contributed by atoms with E-state index in [4.69, 9.17) is 0 Å². The van der Waals surface area contributed by atoms with Gasteiger partial charge in [-0.25, -0.2) is 0 Å². The van der Waals surface area contributed by atoms with Crippen LogP contribution in [-0.2, 0) is 5.54 Å². The van der Waals surface area contributed by atoms with Gasteiger partial charge in [0.25, 0.3) is 0 Å². The van der Waals surface area contributed by atoms with Crippen molar-refractivity contribution in [3.8, 4) is 6.07 Å². The van der Waals surface area contributed by atoms with Crippen LogP contribution < -0.4 is 5.32 Å². The highest BCUT2D eigenvalue weighted by molar-refractivity contribution is 5.91. The Balaban J connectivity index is 1.94. The van der Waals surface area contributed by atoms with Gasteiger partial charge < -0.3 is 10.4 Å². The van der Waals surface area contributed by atoms with E-state index in [0.29, 0.717) is 6.04 Å². The lowest BCUT2D eigenvalue weighted by Crippen LogP contribution is -2.48. The average Bonchev–Trinajstić information content (AvgIpc) is 2.82. The van der Waals surface area contributed by atoms with Gasteiger partial charge in [0.2, 0.25) is 0 Å². The third-order valence-corrected chi connectivity index (χ3v) is 5.10. The summed E-state index contributed by atoms with van der Waals surface area (Å²) < 4.78 is 0. The van der Waals surface area contributed by atoms with Crippen LogP contribution in [0.15, 0.2) is 36.4 Å². The molecule has 0 saturated carbocycles. The lowest BCUT2D eigenvalue weighted by Gasteiger charge is -2.38. The maximum absolute atomic E-state index is 10.2. The largest absolute Gasteiger partial charge is 0.393 e. The average molecular weight is 278 g/mol. The maximum Gasteiger partial charge on any atom is 0.0998 e. The Morgan fingerprint density at radius 3 is 2.81 bits per heavy atom. The van der Waals surface area contributed by atoms with Crippen molar-refractivity contribution in [3.63, 3.8) is 0 Å². The molecule has 2 saturated heterocycles. The fourth-order valence-electron chi connectivity index (χ4n) is 4.24. The van der Waals surface area contributed by atoms with E-state index in [1.807, 2.05) is 24.3 Å². The van der Waals surface area contributed by atoms with E-state index in [0.717, 1.165) is 42.0 Å². The molecule has 2 heterocycles. The molecule has 21 heavy (non-hydrogen) atoms. The molecule has 2 N–H and O–H groups in total. The van der Waals surface area contributed by atoms with Gasteiger partial charge in [-0.05, 0) is 48.1 Å². The van der Waals surface area contributed by atoms with Crippen molar-refractivity contribution in [3.05, 3.63) is 47.5 Å². The predicted octanol–water partition coefficient (Wildman–Crippen LogP) is 2.81. The number of piperidine rings is 1. The highest BCUT2D eigenvalue weighted by atomic mass is 16.3. The minimum absolute atomic E-state index is 0.129. The summed E-state index contributed by atoms with van der Waals surface area (Å²) in [6, 6.07) is 14.8. The molecule has 3 heteroatoms. The van der Waals surface area contributed by atoms with E-state index in [-0.39, 0.29) is 11.6 Å². The summed E-state index contributed by atoms with van der Waals surface area (Å²) in [6.45, 7) is 0. The number of hydrogen-bond donors (Lipinski definition) is 2. The Morgan fingerprint density at radius 1 is 1.19 bits per heavy atom. The molecular weight excluding hydrogens is 260 g/mol. The number of rotatable bonds is 1. The van der Waals surface area contributed by atoms with Gasteiger partial charge in [0.1, 0.15) is 0 Å². The Labute approximate surface area is 124 Å². The second-order valence-corrected chi connectivity index (χ2v) is 6.37. The standard InChI is InChI=1S/C18H18N2O/c19-11-12-5-6-17(16-4-2-1-3-15(12)16)18-8-7-13(20-18)9-14(21)10-18/h1-6,13-14,20-21H,7-10H2. The molecule has 2 fully saturated rings. The Bertz CT molecular complexity index is 748. The minimum atomic E-state index is -0.229. The molecule has 4 rings (SSSR count). The van der Waals surface area contributed by atoms with Crippen molar-refractivity contribution in [1.29, 1.82) is 5.26 Å². The number of nitriles is 1. The van der Waals surface area contributed by atoms with E-state index in [1.165, 1.54) is 5.56 Å². The molecule has 2 aromatic rings. The van der Waals surface area contributed by atoms with Gasteiger partial charge >= 0.3 is 0 Å². The monoisotopic (exact) mass is 278 g/mol. The summed E-state index contributed by atoms with van der Waals surface area (Å²) in [7, 11) is 0. The van der Waals surface area contributed by atoms with Crippen LogP contribution in [0.3, 0.4) is 0 Å². The fourth-order valence-corrected chi connectivity index (χ4v) is 4.24. The van der Waals surface area contributed by atoms with E-state index in [1.54, 1.807) is 0 Å². The summed E-state index contributed by atoms with van der Waals surface area (Å²) in [5, 5.41) is 25.4. The zero-order chi connectivity index (χ0) is 14.4. The molecular formula is C18H18N2O. The summed E-state index contributed by atoms with van der Waals surface area (Å²) in [5.41, 5.74) is 1.82. The van der Waals surface area contributed by atoms with Crippen molar-refractivity contribution in [1.82, 2.24) is 5.32 Å². The first-order valence-electron chi connectivity index (χ1n) is 7.60. The Hall–Kier alpha value is -1.89. The number of nitrogens with one attached hydrogen (secondary N) is 1. The first kappa shape index (κ1) is 12.8. The summed E-state index contributed by atoms with van der Waals surface area (Å²) in [6.07, 6.45) is 3.57. The second kappa shape index (κ2) is 4.56. The number of fused-ring (bicyclic) bond motifs is 3. The summed E-state index contributed by atoms with van der Waals surface area (Å²) in [4.78, 5) is 0. The Morgan fingerprint density at radius 2 is 2.00 bits per heavy atom. The van der Waals surface area contributed by atoms with E-state index in [9.17, 15) is 10.4 Å². The third-order valence-electron chi connectivity index (χ3n) is 5.10. The molecule has 2 aliphatic heterocycles. The lowest BCUT2D eigenvalue weighted by atomic mass is 9.79. The molecule has 0 aromatic heterocycles. The van der Waals surface area contributed by atoms with Gasteiger partial charge in [0.05, 0.1) is 17.7 Å². The summed E-state index contributed by atoms with van der Waals surface area (Å²) in [5.74, 6) is 0. The maximum atomic E-state index is 10.2. The van der Waals surface area contributed by atoms with Crippen LogP contribution >= 0.6 is 0 Å². The van der Waals surface area contributed by atoms with Gasteiger partial charge in [-0.15, -0.1) is 0 Å². The highest BCUT2D eigenvalue weighted by Crippen LogP contribution is 2.45. The molecule has 2 aliphatic rings. The molecule has 106 valence electrons. The molecule has 2 bridgehead atoms. The van der Waals surface area contributed by atoms with Crippen LogP contribution in [0.25, 0.3) is 10.8 Å². The first-order valence-corrected chi connectivity index (χ1v) is 7.60. The van der Waals surface area contributed by atoms with Crippen LogP contribution in [0.2, 0.25) is 0 Å².